The van der Waals surface area contributed by atoms with E-state index in [9.17, 15) is 0 Å². The number of hydrogen-bond acceptors (Lipinski definition) is 2. The van der Waals surface area contributed by atoms with Crippen LogP contribution in [0, 0.1) is 0 Å². The van der Waals surface area contributed by atoms with Crippen LogP contribution in [0.2, 0.25) is 0 Å². The van der Waals surface area contributed by atoms with Gasteiger partial charge in [-0.05, 0) is 25.9 Å². The lowest BCUT2D eigenvalue weighted by atomic mass is 10.1. The third-order valence-electron chi connectivity index (χ3n) is 2.67. The zero-order chi connectivity index (χ0) is 8.81. The SMILES string of the molecule is C1CCN(C2CNC2)CC1.CC. The molecule has 0 atom stereocenters. The van der Waals surface area contributed by atoms with Crippen molar-refractivity contribution >= 4 is 0 Å². The van der Waals surface area contributed by atoms with Crippen LogP contribution in [0.1, 0.15) is 33.1 Å². The van der Waals surface area contributed by atoms with E-state index in [1.54, 1.807) is 0 Å². The van der Waals surface area contributed by atoms with Gasteiger partial charge in [0.2, 0.25) is 0 Å². The number of nitrogens with one attached hydrogen (secondary N) is 1. The molecule has 0 aliphatic carbocycles. The summed E-state index contributed by atoms with van der Waals surface area (Å²) in [5.74, 6) is 0. The molecule has 0 aromatic rings. The van der Waals surface area contributed by atoms with Crippen LogP contribution in [0.15, 0.2) is 0 Å². The molecule has 0 spiro atoms. The Morgan fingerprint density at radius 3 is 2.00 bits per heavy atom. The van der Waals surface area contributed by atoms with E-state index < -0.39 is 0 Å². The molecule has 0 radical (unpaired) electrons. The topological polar surface area (TPSA) is 15.3 Å². The van der Waals surface area contributed by atoms with Crippen molar-refractivity contribution in [3.05, 3.63) is 0 Å². The third kappa shape index (κ3) is 2.46. The second kappa shape index (κ2) is 5.55. The van der Waals surface area contributed by atoms with Gasteiger partial charge in [0.05, 0.1) is 0 Å². The van der Waals surface area contributed by atoms with Gasteiger partial charge in [-0.25, -0.2) is 0 Å². The molecule has 0 unspecified atom stereocenters. The fourth-order valence-corrected chi connectivity index (χ4v) is 1.82. The minimum absolute atomic E-state index is 0.889. The first kappa shape index (κ1) is 10.0. The Hall–Kier alpha value is -0.0800. The van der Waals surface area contributed by atoms with Crippen molar-refractivity contribution in [1.29, 1.82) is 0 Å². The summed E-state index contributed by atoms with van der Waals surface area (Å²) in [6.45, 7) is 9.18. The van der Waals surface area contributed by atoms with Gasteiger partial charge in [-0.2, -0.15) is 0 Å². The highest BCUT2D eigenvalue weighted by molar-refractivity contribution is 4.85. The molecule has 0 aromatic heterocycles. The monoisotopic (exact) mass is 170 g/mol. The van der Waals surface area contributed by atoms with E-state index in [0.717, 1.165) is 6.04 Å². The van der Waals surface area contributed by atoms with E-state index in [1.165, 1.54) is 45.4 Å². The van der Waals surface area contributed by atoms with Gasteiger partial charge < -0.3 is 5.32 Å². The zero-order valence-electron chi connectivity index (χ0n) is 8.47. The van der Waals surface area contributed by atoms with Crippen LogP contribution in [-0.4, -0.2) is 37.1 Å². The lowest BCUT2D eigenvalue weighted by molar-refractivity contribution is 0.121. The fourth-order valence-electron chi connectivity index (χ4n) is 1.82. The van der Waals surface area contributed by atoms with Crippen LogP contribution in [0.25, 0.3) is 0 Å². The molecule has 2 nitrogen and oxygen atoms in total. The van der Waals surface area contributed by atoms with E-state index in [2.05, 4.69) is 10.2 Å². The molecule has 12 heavy (non-hydrogen) atoms. The van der Waals surface area contributed by atoms with Crippen molar-refractivity contribution in [2.75, 3.05) is 26.2 Å². The summed E-state index contributed by atoms with van der Waals surface area (Å²) in [7, 11) is 0. The maximum absolute atomic E-state index is 3.32. The molecule has 2 saturated heterocycles. The van der Waals surface area contributed by atoms with Crippen LogP contribution < -0.4 is 5.32 Å². The van der Waals surface area contributed by atoms with Crippen molar-refractivity contribution < 1.29 is 0 Å². The van der Waals surface area contributed by atoms with Gasteiger partial charge in [0.1, 0.15) is 0 Å². The highest BCUT2D eigenvalue weighted by Gasteiger charge is 2.24. The summed E-state index contributed by atoms with van der Waals surface area (Å²) in [6, 6.07) is 0.889. The molecule has 2 rings (SSSR count). The van der Waals surface area contributed by atoms with Gasteiger partial charge >= 0.3 is 0 Å². The van der Waals surface area contributed by atoms with Crippen LogP contribution in [0.5, 0.6) is 0 Å². The van der Waals surface area contributed by atoms with Gasteiger partial charge in [0, 0.05) is 19.1 Å². The largest absolute Gasteiger partial charge is 0.314 e. The lowest BCUT2D eigenvalue weighted by Gasteiger charge is -2.40. The highest BCUT2D eigenvalue weighted by Crippen LogP contribution is 2.13. The average molecular weight is 170 g/mol. The van der Waals surface area contributed by atoms with E-state index in [-0.39, 0.29) is 0 Å². The van der Waals surface area contributed by atoms with Crippen LogP contribution in [-0.2, 0) is 0 Å². The molecule has 0 aromatic carbocycles. The Bertz CT molecular complexity index is 104. The Morgan fingerprint density at radius 2 is 1.58 bits per heavy atom. The Kier molecular flexibility index (Phi) is 4.62. The summed E-state index contributed by atoms with van der Waals surface area (Å²) < 4.78 is 0. The van der Waals surface area contributed by atoms with Gasteiger partial charge in [0.15, 0.2) is 0 Å². The predicted molar refractivity (Wildman–Crippen MR) is 53.4 cm³/mol. The normalized spacial score (nSPS) is 25.5. The summed E-state index contributed by atoms with van der Waals surface area (Å²) in [5.41, 5.74) is 0. The molecule has 1 N–H and O–H groups in total. The lowest BCUT2D eigenvalue weighted by Crippen LogP contribution is -2.58. The van der Waals surface area contributed by atoms with Gasteiger partial charge in [-0.3, -0.25) is 4.90 Å². The molecule has 2 fully saturated rings. The maximum atomic E-state index is 3.32. The molecule has 0 amide bonds. The number of rotatable bonds is 1. The molecule has 2 heteroatoms. The fraction of sp³-hybridized carbons (Fsp3) is 1.00. The Balaban J connectivity index is 0.000000336. The van der Waals surface area contributed by atoms with E-state index in [0.29, 0.717) is 0 Å². The molecule has 2 aliphatic rings. The molecule has 72 valence electrons. The first-order valence-corrected chi connectivity index (χ1v) is 5.41. The molecule has 0 saturated carbocycles. The number of nitrogens with zero attached hydrogens (tertiary/aromatic N) is 1. The minimum Gasteiger partial charge on any atom is -0.314 e. The van der Waals surface area contributed by atoms with E-state index >= 15 is 0 Å². The minimum atomic E-state index is 0.889. The van der Waals surface area contributed by atoms with Gasteiger partial charge in [-0.15, -0.1) is 0 Å². The standard InChI is InChI=1S/C8H16N2.C2H6/c1-2-4-10(5-3-1)8-6-9-7-8;1-2/h8-9H,1-7H2;1-2H3. The third-order valence-corrected chi connectivity index (χ3v) is 2.67. The Morgan fingerprint density at radius 1 is 1.00 bits per heavy atom. The van der Waals surface area contributed by atoms with Crippen molar-refractivity contribution in [3.8, 4) is 0 Å². The molecular weight excluding hydrogens is 148 g/mol. The molecule has 2 aliphatic heterocycles. The van der Waals surface area contributed by atoms with Gasteiger partial charge in [0.25, 0.3) is 0 Å². The second-order valence-corrected chi connectivity index (χ2v) is 3.41. The average Bonchev–Trinajstić information content (AvgIpc) is 2.07. The highest BCUT2D eigenvalue weighted by atomic mass is 15.2. The van der Waals surface area contributed by atoms with Crippen LogP contribution in [0.4, 0.5) is 0 Å². The first-order valence-electron chi connectivity index (χ1n) is 5.41. The van der Waals surface area contributed by atoms with E-state index in [4.69, 9.17) is 0 Å². The van der Waals surface area contributed by atoms with Crippen LogP contribution in [0.3, 0.4) is 0 Å². The zero-order valence-corrected chi connectivity index (χ0v) is 8.47. The van der Waals surface area contributed by atoms with Crippen LogP contribution >= 0.6 is 0 Å². The first-order chi connectivity index (χ1) is 5.97. The van der Waals surface area contributed by atoms with Crippen molar-refractivity contribution in [2.45, 2.75) is 39.2 Å². The molecular formula is C10H22N2. The summed E-state index contributed by atoms with van der Waals surface area (Å²) in [6.07, 6.45) is 4.31. The summed E-state index contributed by atoms with van der Waals surface area (Å²) in [5, 5.41) is 3.32. The smallest absolute Gasteiger partial charge is 0.0345 e. The quantitative estimate of drug-likeness (QED) is 0.641. The second-order valence-electron chi connectivity index (χ2n) is 3.41. The number of hydrogen-bond donors (Lipinski definition) is 1. The predicted octanol–water partition coefficient (Wildman–Crippen LogP) is 1.47. The maximum Gasteiger partial charge on any atom is 0.0345 e. The van der Waals surface area contributed by atoms with Crippen molar-refractivity contribution in [1.82, 2.24) is 10.2 Å². The molecule has 0 bridgehead atoms. The van der Waals surface area contributed by atoms with Crippen molar-refractivity contribution in [3.63, 3.8) is 0 Å². The number of piperidine rings is 1. The van der Waals surface area contributed by atoms with Crippen molar-refractivity contribution in [2.24, 2.45) is 0 Å². The Labute approximate surface area is 76.3 Å². The summed E-state index contributed by atoms with van der Waals surface area (Å²) >= 11 is 0. The number of likely N-dealkylation sites (tertiary alicyclic amines) is 1. The molecule has 2 heterocycles. The summed E-state index contributed by atoms with van der Waals surface area (Å²) in [4.78, 5) is 2.64. The van der Waals surface area contributed by atoms with Gasteiger partial charge in [-0.1, -0.05) is 20.3 Å². The van der Waals surface area contributed by atoms with E-state index in [1.807, 2.05) is 13.8 Å².